The summed E-state index contributed by atoms with van der Waals surface area (Å²) in [6.07, 6.45) is 1.79. The van der Waals surface area contributed by atoms with E-state index in [1.54, 1.807) is 24.3 Å². The Morgan fingerprint density at radius 3 is 2.59 bits per heavy atom. The number of nitrogens with zero attached hydrogens (tertiary/aromatic N) is 1. The van der Waals surface area contributed by atoms with Gasteiger partial charge in [-0.15, -0.1) is 0 Å². The van der Waals surface area contributed by atoms with Crippen molar-refractivity contribution >= 4 is 38.7 Å². The van der Waals surface area contributed by atoms with Crippen LogP contribution >= 0.6 is 0 Å². The van der Waals surface area contributed by atoms with Gasteiger partial charge in [0.05, 0.1) is 11.0 Å². The van der Waals surface area contributed by atoms with E-state index >= 15 is 0 Å². The molecule has 2 aromatic carbocycles. The summed E-state index contributed by atoms with van der Waals surface area (Å²) in [5.41, 5.74) is 2.00. The zero-order chi connectivity index (χ0) is 22.7. The Hall–Kier alpha value is -3.11. The molecule has 10 heteroatoms. The van der Waals surface area contributed by atoms with Crippen molar-refractivity contribution in [3.8, 4) is 5.75 Å². The summed E-state index contributed by atoms with van der Waals surface area (Å²) >= 11 is 0. The van der Waals surface area contributed by atoms with E-state index in [0.717, 1.165) is 31.6 Å². The van der Waals surface area contributed by atoms with Crippen LogP contribution < -0.4 is 20.1 Å². The molecule has 32 heavy (non-hydrogen) atoms. The lowest BCUT2D eigenvalue weighted by atomic mass is 10.3. The van der Waals surface area contributed by atoms with Gasteiger partial charge in [-0.3, -0.25) is 10.1 Å². The maximum Gasteiger partial charge on any atom is 0.339 e. The van der Waals surface area contributed by atoms with Crippen LogP contribution in [0.25, 0.3) is 11.0 Å². The molecule has 0 bridgehead atoms. The number of aromatic amines is 1. The van der Waals surface area contributed by atoms with E-state index in [0.29, 0.717) is 23.0 Å². The molecule has 0 spiro atoms. The maximum atomic E-state index is 12.7. The first kappa shape index (κ1) is 22.1. The molecule has 0 aliphatic heterocycles. The lowest BCUT2D eigenvalue weighted by molar-refractivity contribution is -0.117. The van der Waals surface area contributed by atoms with Gasteiger partial charge >= 0.3 is 10.1 Å². The van der Waals surface area contributed by atoms with Crippen molar-refractivity contribution in [3.63, 3.8) is 0 Å². The van der Waals surface area contributed by atoms with E-state index in [1.165, 1.54) is 18.2 Å². The van der Waals surface area contributed by atoms with Crippen molar-refractivity contribution < 1.29 is 17.4 Å². The quantitative estimate of drug-likeness (QED) is 0.272. The highest BCUT2D eigenvalue weighted by atomic mass is 32.2. The molecular formula is C22H27N5O4S. The maximum absolute atomic E-state index is 12.7. The highest BCUT2D eigenvalue weighted by Crippen LogP contribution is 2.30. The lowest BCUT2D eigenvalue weighted by Crippen LogP contribution is -2.28. The summed E-state index contributed by atoms with van der Waals surface area (Å²) in [6, 6.07) is 11.6. The number of anilines is 2. The van der Waals surface area contributed by atoms with Crippen LogP contribution in [0.15, 0.2) is 47.4 Å². The van der Waals surface area contributed by atoms with Gasteiger partial charge in [-0.2, -0.15) is 8.42 Å². The van der Waals surface area contributed by atoms with Crippen molar-refractivity contribution in [2.75, 3.05) is 23.7 Å². The monoisotopic (exact) mass is 457 g/mol. The lowest BCUT2D eigenvalue weighted by Gasteiger charge is -2.11. The number of hydrogen-bond acceptors (Lipinski definition) is 7. The highest BCUT2D eigenvalue weighted by molar-refractivity contribution is 7.87. The van der Waals surface area contributed by atoms with Crippen LogP contribution in [0, 0.1) is 5.92 Å². The normalized spacial score (nSPS) is 14.0. The van der Waals surface area contributed by atoms with Gasteiger partial charge in [0.2, 0.25) is 11.9 Å². The van der Waals surface area contributed by atoms with Crippen LogP contribution in [0.3, 0.4) is 0 Å². The number of amides is 1. The number of benzene rings is 2. The molecule has 170 valence electrons. The summed E-state index contributed by atoms with van der Waals surface area (Å²) in [7, 11) is -4.00. The van der Waals surface area contributed by atoms with E-state index in [4.69, 9.17) is 4.18 Å². The van der Waals surface area contributed by atoms with Crippen LogP contribution in [0.2, 0.25) is 0 Å². The van der Waals surface area contributed by atoms with Crippen molar-refractivity contribution in [2.24, 2.45) is 5.92 Å². The molecule has 0 atom stereocenters. The smallest absolute Gasteiger partial charge is 0.339 e. The number of fused-ring (bicyclic) bond motifs is 1. The average molecular weight is 458 g/mol. The molecule has 4 N–H and O–H groups in total. The number of carbonyl (C=O) groups excluding carboxylic acids is 1. The molecule has 1 amide bonds. The predicted molar refractivity (Wildman–Crippen MR) is 123 cm³/mol. The molecule has 4 rings (SSSR count). The third-order valence-corrected chi connectivity index (χ3v) is 6.26. The Kier molecular flexibility index (Phi) is 6.33. The second kappa shape index (κ2) is 9.17. The number of H-pyrrole nitrogens is 1. The van der Waals surface area contributed by atoms with Crippen LogP contribution in [0.4, 0.5) is 11.6 Å². The Labute approximate surface area is 187 Å². The van der Waals surface area contributed by atoms with Crippen LogP contribution in [0.5, 0.6) is 5.75 Å². The fourth-order valence-electron chi connectivity index (χ4n) is 3.14. The first-order chi connectivity index (χ1) is 15.3. The summed E-state index contributed by atoms with van der Waals surface area (Å²) in [6.45, 7) is 5.70. The van der Waals surface area contributed by atoms with Gasteiger partial charge in [-0.25, -0.2) is 4.98 Å². The minimum atomic E-state index is -4.00. The topological polar surface area (TPSA) is 125 Å². The molecule has 1 aromatic heterocycles. The summed E-state index contributed by atoms with van der Waals surface area (Å²) in [4.78, 5) is 19.3. The molecule has 1 aliphatic carbocycles. The molecular weight excluding hydrogens is 430 g/mol. The van der Waals surface area contributed by atoms with Gasteiger partial charge in [0, 0.05) is 36.8 Å². The number of aromatic nitrogens is 2. The van der Waals surface area contributed by atoms with Crippen LogP contribution in [0.1, 0.15) is 26.7 Å². The van der Waals surface area contributed by atoms with Crippen molar-refractivity contribution in [3.05, 3.63) is 42.5 Å². The first-order valence-electron chi connectivity index (χ1n) is 10.6. The van der Waals surface area contributed by atoms with Crippen molar-refractivity contribution in [1.82, 2.24) is 15.3 Å². The molecule has 0 radical (unpaired) electrons. The molecule has 3 aromatic rings. The summed E-state index contributed by atoms with van der Waals surface area (Å²) in [5, 5.41) is 9.28. The standard InChI is InChI=1S/C22H27N5O4S/c1-14(2)23-11-12-24-16-5-8-18(9-6-16)32(29,30)31-17-7-10-19-20(13-17)26-22(25-19)27-21(28)15-3-4-15/h5-10,13-15,23-24H,3-4,11-12H2,1-2H3,(H2,25,26,27,28). The van der Waals surface area contributed by atoms with Gasteiger partial charge in [0.15, 0.2) is 0 Å². The zero-order valence-corrected chi connectivity index (χ0v) is 18.8. The molecule has 0 unspecified atom stereocenters. The second-order valence-corrected chi connectivity index (χ2v) is 9.67. The number of rotatable bonds is 10. The molecule has 1 saturated carbocycles. The largest absolute Gasteiger partial charge is 0.384 e. The highest BCUT2D eigenvalue weighted by Gasteiger charge is 2.30. The van der Waals surface area contributed by atoms with Gasteiger partial charge < -0.3 is 19.8 Å². The molecule has 1 fully saturated rings. The van der Waals surface area contributed by atoms with Gasteiger partial charge in [0.25, 0.3) is 0 Å². The van der Waals surface area contributed by atoms with Crippen molar-refractivity contribution in [2.45, 2.75) is 37.6 Å². The molecule has 1 heterocycles. The van der Waals surface area contributed by atoms with E-state index in [9.17, 15) is 13.2 Å². The summed E-state index contributed by atoms with van der Waals surface area (Å²) < 4.78 is 30.7. The minimum absolute atomic E-state index is 0.0581. The molecule has 9 nitrogen and oxygen atoms in total. The fourth-order valence-corrected chi connectivity index (χ4v) is 4.07. The second-order valence-electron chi connectivity index (χ2n) is 8.13. The zero-order valence-electron chi connectivity index (χ0n) is 18.0. The SMILES string of the molecule is CC(C)NCCNc1ccc(S(=O)(=O)Oc2ccc3[nH]c(NC(=O)C4CC4)nc3c2)cc1. The Morgan fingerprint density at radius 1 is 1.16 bits per heavy atom. The average Bonchev–Trinajstić information content (AvgIpc) is 3.52. The first-order valence-corrected chi connectivity index (χ1v) is 12.0. The van der Waals surface area contributed by atoms with E-state index in [1.807, 2.05) is 0 Å². The van der Waals surface area contributed by atoms with E-state index in [-0.39, 0.29) is 22.5 Å². The summed E-state index contributed by atoms with van der Waals surface area (Å²) in [5.74, 6) is 0.484. The van der Waals surface area contributed by atoms with Gasteiger partial charge in [-0.1, -0.05) is 13.8 Å². The van der Waals surface area contributed by atoms with Crippen LogP contribution in [-0.2, 0) is 14.9 Å². The Balaban J connectivity index is 1.40. The third-order valence-electron chi connectivity index (χ3n) is 5.00. The number of hydrogen-bond donors (Lipinski definition) is 4. The van der Waals surface area contributed by atoms with Crippen LogP contribution in [-0.4, -0.2) is 43.4 Å². The minimum Gasteiger partial charge on any atom is -0.384 e. The van der Waals surface area contributed by atoms with Crippen molar-refractivity contribution in [1.29, 1.82) is 0 Å². The Bertz CT molecular complexity index is 1200. The Morgan fingerprint density at radius 2 is 1.91 bits per heavy atom. The predicted octanol–water partition coefficient (Wildman–Crippen LogP) is 3.09. The van der Waals surface area contributed by atoms with Gasteiger partial charge in [0.1, 0.15) is 10.6 Å². The number of imidazole rings is 1. The van der Waals surface area contributed by atoms with E-state index in [2.05, 4.69) is 39.8 Å². The van der Waals surface area contributed by atoms with E-state index < -0.39 is 10.1 Å². The third kappa shape index (κ3) is 5.57. The molecule has 1 aliphatic rings. The fraction of sp³-hybridized carbons (Fsp3) is 0.364. The molecule has 0 saturated heterocycles. The van der Waals surface area contributed by atoms with Gasteiger partial charge in [-0.05, 0) is 49.2 Å². The number of nitrogens with one attached hydrogen (secondary N) is 4. The number of carbonyl (C=O) groups is 1.